The summed E-state index contributed by atoms with van der Waals surface area (Å²) in [6.45, 7) is 6.09. The molecule has 3 aliphatic heterocycles. The van der Waals surface area contributed by atoms with Gasteiger partial charge in [0.1, 0.15) is 5.75 Å². The zero-order valence-corrected chi connectivity index (χ0v) is 14.8. The van der Waals surface area contributed by atoms with Crippen LogP contribution < -0.4 is 10.1 Å². The predicted octanol–water partition coefficient (Wildman–Crippen LogP) is 1.23. The highest BCUT2D eigenvalue weighted by molar-refractivity contribution is 5.94. The van der Waals surface area contributed by atoms with Gasteiger partial charge in [-0.15, -0.1) is 0 Å². The van der Waals surface area contributed by atoms with E-state index in [1.807, 2.05) is 0 Å². The van der Waals surface area contributed by atoms with Crippen molar-refractivity contribution < 1.29 is 19.4 Å². The molecule has 2 atom stereocenters. The number of piperidine rings is 3. The maximum atomic E-state index is 12.3. The summed E-state index contributed by atoms with van der Waals surface area (Å²) in [4.78, 5) is 26.0. The lowest BCUT2D eigenvalue weighted by Crippen LogP contribution is -2.63. The topological polar surface area (TPSA) is 78.9 Å². The fourth-order valence-corrected chi connectivity index (χ4v) is 3.77. The number of nitrogens with zero attached hydrogens (tertiary/aromatic N) is 1. The van der Waals surface area contributed by atoms with Crippen LogP contribution in [0.5, 0.6) is 5.75 Å². The molecule has 3 aliphatic rings. The van der Waals surface area contributed by atoms with Crippen LogP contribution in [0.3, 0.4) is 0 Å². The molecule has 6 nitrogen and oxygen atoms in total. The van der Waals surface area contributed by atoms with Crippen molar-refractivity contribution in [2.75, 3.05) is 26.2 Å². The molecule has 2 bridgehead atoms. The Morgan fingerprint density at radius 2 is 2.12 bits per heavy atom. The van der Waals surface area contributed by atoms with Crippen molar-refractivity contribution in [2.45, 2.75) is 38.4 Å². The third kappa shape index (κ3) is 4.02. The fourth-order valence-electron chi connectivity index (χ4n) is 3.77. The minimum Gasteiger partial charge on any atom is -0.481 e. The maximum absolute atomic E-state index is 12.3. The van der Waals surface area contributed by atoms with E-state index in [1.54, 1.807) is 31.2 Å². The average Bonchev–Trinajstić information content (AvgIpc) is 2.60. The molecule has 3 heterocycles. The molecule has 0 spiro atoms. The van der Waals surface area contributed by atoms with Gasteiger partial charge in [-0.1, -0.05) is 12.1 Å². The van der Waals surface area contributed by atoms with Gasteiger partial charge in [-0.2, -0.15) is 0 Å². The number of rotatable bonds is 6. The summed E-state index contributed by atoms with van der Waals surface area (Å²) in [6, 6.07) is 6.79. The first kappa shape index (κ1) is 17.9. The number of fused-ring (bicyclic) bond motifs is 3. The van der Waals surface area contributed by atoms with E-state index in [1.165, 1.54) is 6.92 Å². The molecule has 25 heavy (non-hydrogen) atoms. The van der Waals surface area contributed by atoms with Crippen molar-refractivity contribution in [3.63, 3.8) is 0 Å². The van der Waals surface area contributed by atoms with Crippen LogP contribution in [0.15, 0.2) is 24.3 Å². The van der Waals surface area contributed by atoms with E-state index in [9.17, 15) is 14.7 Å². The van der Waals surface area contributed by atoms with Gasteiger partial charge in [0.2, 0.25) is 0 Å². The van der Waals surface area contributed by atoms with Crippen LogP contribution in [0, 0.1) is 5.92 Å². The average molecular weight is 346 g/mol. The van der Waals surface area contributed by atoms with E-state index in [0.29, 0.717) is 17.9 Å². The van der Waals surface area contributed by atoms with Crippen LogP contribution in [-0.2, 0) is 4.79 Å². The van der Waals surface area contributed by atoms with E-state index in [2.05, 4.69) is 10.2 Å². The van der Waals surface area contributed by atoms with Crippen molar-refractivity contribution in [2.24, 2.45) is 5.92 Å². The zero-order chi connectivity index (χ0) is 18.0. The van der Waals surface area contributed by atoms with E-state index in [-0.39, 0.29) is 24.2 Å². The van der Waals surface area contributed by atoms with Crippen molar-refractivity contribution in [3.8, 4) is 5.75 Å². The quantitative estimate of drug-likeness (QED) is 0.758. The minimum atomic E-state index is -0.847. The monoisotopic (exact) mass is 346 g/mol. The number of carbonyl (C=O) groups is 2. The Bertz CT molecular complexity index is 655. The molecule has 0 radical (unpaired) electrons. The van der Waals surface area contributed by atoms with Gasteiger partial charge in [-0.05, 0) is 57.8 Å². The molecule has 3 fully saturated rings. The highest BCUT2D eigenvalue weighted by atomic mass is 16.5. The molecule has 0 unspecified atom stereocenters. The smallest absolute Gasteiger partial charge is 0.260 e. The number of amides is 1. The van der Waals surface area contributed by atoms with Crippen molar-refractivity contribution in [3.05, 3.63) is 29.8 Å². The van der Waals surface area contributed by atoms with E-state index in [4.69, 9.17) is 4.74 Å². The first-order chi connectivity index (χ1) is 11.9. The molecule has 1 aromatic rings. The van der Waals surface area contributed by atoms with Gasteiger partial charge in [0.05, 0.1) is 5.60 Å². The van der Waals surface area contributed by atoms with Gasteiger partial charge in [-0.3, -0.25) is 9.59 Å². The molecular weight excluding hydrogens is 320 g/mol. The summed E-state index contributed by atoms with van der Waals surface area (Å²) in [7, 11) is 0. The first-order valence-electron chi connectivity index (χ1n) is 8.87. The molecular formula is C19H26N2O4. The Morgan fingerprint density at radius 1 is 1.40 bits per heavy atom. The number of ether oxygens (including phenoxy) is 1. The second kappa shape index (κ2) is 7.14. The van der Waals surface area contributed by atoms with E-state index in [0.717, 1.165) is 25.9 Å². The molecule has 6 heteroatoms. The van der Waals surface area contributed by atoms with Crippen molar-refractivity contribution in [1.29, 1.82) is 0 Å². The number of hydrogen-bond donors (Lipinski definition) is 2. The Kier molecular flexibility index (Phi) is 5.11. The Balaban J connectivity index is 1.54. The second-order valence-corrected chi connectivity index (χ2v) is 7.22. The number of nitrogens with one attached hydrogen (secondary N) is 1. The Labute approximate surface area is 148 Å². The maximum Gasteiger partial charge on any atom is 0.260 e. The number of ketones is 1. The van der Waals surface area contributed by atoms with Crippen LogP contribution in [0.25, 0.3) is 0 Å². The summed E-state index contributed by atoms with van der Waals surface area (Å²) >= 11 is 0. The summed E-state index contributed by atoms with van der Waals surface area (Å²) < 4.78 is 5.65. The lowest BCUT2D eigenvalue weighted by molar-refractivity contribution is -0.134. The standard InChI is InChI=1S/C19H26N2O4/c1-13(22)15-4-3-5-17(10-15)25-14(2)18(23)20-11-19(24)12-21-8-6-16(19)7-9-21/h3-5,10,14,16,24H,6-9,11-12H2,1-2H3,(H,20,23)/t14-,19-/m0/s1. The number of aliphatic hydroxyl groups is 1. The molecule has 0 aromatic heterocycles. The van der Waals surface area contributed by atoms with Gasteiger partial charge < -0.3 is 20.1 Å². The number of benzene rings is 1. The highest BCUT2D eigenvalue weighted by Gasteiger charge is 2.45. The highest BCUT2D eigenvalue weighted by Crippen LogP contribution is 2.35. The molecule has 1 aromatic carbocycles. The van der Waals surface area contributed by atoms with Crippen LogP contribution in [0.4, 0.5) is 0 Å². The molecule has 136 valence electrons. The Hall–Kier alpha value is -1.92. The largest absolute Gasteiger partial charge is 0.481 e. The van der Waals surface area contributed by atoms with Gasteiger partial charge >= 0.3 is 0 Å². The number of hydrogen-bond acceptors (Lipinski definition) is 5. The minimum absolute atomic E-state index is 0.0490. The van der Waals surface area contributed by atoms with E-state index < -0.39 is 11.7 Å². The van der Waals surface area contributed by atoms with Crippen molar-refractivity contribution in [1.82, 2.24) is 10.2 Å². The molecule has 2 N–H and O–H groups in total. The van der Waals surface area contributed by atoms with Crippen LogP contribution >= 0.6 is 0 Å². The molecule has 1 amide bonds. The molecule has 0 aliphatic carbocycles. The number of Topliss-reactive ketones (excluding diaryl/α,β-unsaturated/α-hetero) is 1. The third-order valence-corrected chi connectivity index (χ3v) is 5.34. The fraction of sp³-hybridized carbons (Fsp3) is 0.579. The molecule has 3 saturated heterocycles. The van der Waals surface area contributed by atoms with Gasteiger partial charge in [-0.25, -0.2) is 0 Å². The third-order valence-electron chi connectivity index (χ3n) is 5.34. The molecule has 0 saturated carbocycles. The molecule has 4 rings (SSSR count). The lowest BCUT2D eigenvalue weighted by Gasteiger charge is -2.50. The van der Waals surface area contributed by atoms with Crippen LogP contribution in [0.2, 0.25) is 0 Å². The summed E-state index contributed by atoms with van der Waals surface area (Å²) in [6.07, 6.45) is 1.26. The lowest BCUT2D eigenvalue weighted by atomic mass is 9.75. The second-order valence-electron chi connectivity index (χ2n) is 7.22. The van der Waals surface area contributed by atoms with Gasteiger partial charge in [0, 0.05) is 18.7 Å². The van der Waals surface area contributed by atoms with Crippen LogP contribution in [-0.4, -0.2) is 59.6 Å². The summed E-state index contributed by atoms with van der Waals surface area (Å²) in [5.74, 6) is 0.420. The van der Waals surface area contributed by atoms with Crippen LogP contribution in [0.1, 0.15) is 37.0 Å². The first-order valence-corrected chi connectivity index (χ1v) is 8.87. The predicted molar refractivity (Wildman–Crippen MR) is 93.7 cm³/mol. The zero-order valence-electron chi connectivity index (χ0n) is 14.8. The summed E-state index contributed by atoms with van der Waals surface area (Å²) in [5, 5.41) is 13.7. The van der Waals surface area contributed by atoms with E-state index >= 15 is 0 Å². The van der Waals surface area contributed by atoms with Gasteiger partial charge in [0.25, 0.3) is 5.91 Å². The van der Waals surface area contributed by atoms with Crippen molar-refractivity contribution >= 4 is 11.7 Å². The SMILES string of the molecule is CC(=O)c1cccc(O[C@@H](C)C(=O)NC[C@]2(O)CN3CCC2CC3)c1. The number of carbonyl (C=O) groups excluding carboxylic acids is 2. The summed E-state index contributed by atoms with van der Waals surface area (Å²) in [5.41, 5.74) is -0.299. The Morgan fingerprint density at radius 3 is 2.72 bits per heavy atom. The van der Waals surface area contributed by atoms with Gasteiger partial charge in [0.15, 0.2) is 11.9 Å². The normalized spacial score (nSPS) is 29.1.